The van der Waals surface area contributed by atoms with Crippen LogP contribution >= 0.6 is 11.6 Å². The molecule has 0 heterocycles. The van der Waals surface area contributed by atoms with Crippen LogP contribution in [0.1, 0.15) is 56.8 Å². The zero-order valence-corrected chi connectivity index (χ0v) is 13.8. The van der Waals surface area contributed by atoms with Gasteiger partial charge in [-0.1, -0.05) is 45.2 Å². The van der Waals surface area contributed by atoms with E-state index in [2.05, 4.69) is 26.1 Å². The first kappa shape index (κ1) is 18.0. The topological polar surface area (TPSA) is 29.1 Å². The molecule has 0 aromatic heterocycles. The van der Waals surface area contributed by atoms with E-state index in [9.17, 15) is 9.18 Å². The van der Waals surface area contributed by atoms with Crippen molar-refractivity contribution in [1.29, 1.82) is 0 Å². The number of benzene rings is 1. The molecule has 0 radical (unpaired) electrons. The van der Waals surface area contributed by atoms with Gasteiger partial charge in [0.15, 0.2) is 0 Å². The Morgan fingerprint density at radius 3 is 2.52 bits per heavy atom. The van der Waals surface area contributed by atoms with Crippen LogP contribution in [0.4, 0.5) is 4.39 Å². The van der Waals surface area contributed by atoms with Gasteiger partial charge in [-0.25, -0.2) is 4.39 Å². The fourth-order valence-corrected chi connectivity index (χ4v) is 2.57. The molecule has 1 unspecified atom stereocenters. The first-order valence-corrected chi connectivity index (χ1v) is 8.04. The van der Waals surface area contributed by atoms with Crippen molar-refractivity contribution in [3.63, 3.8) is 0 Å². The summed E-state index contributed by atoms with van der Waals surface area (Å²) in [5.74, 6) is 0.395. The maximum atomic E-state index is 13.3. The van der Waals surface area contributed by atoms with E-state index in [0.717, 1.165) is 25.7 Å². The number of amides is 1. The minimum absolute atomic E-state index is 0.241. The first-order chi connectivity index (χ1) is 9.92. The lowest BCUT2D eigenvalue weighted by Crippen LogP contribution is -2.29. The molecule has 0 aliphatic carbocycles. The van der Waals surface area contributed by atoms with Crippen molar-refractivity contribution in [2.24, 2.45) is 11.8 Å². The molecule has 1 atom stereocenters. The number of hydrogen-bond acceptors (Lipinski definition) is 1. The zero-order chi connectivity index (χ0) is 15.8. The van der Waals surface area contributed by atoms with E-state index in [1.807, 2.05) is 0 Å². The van der Waals surface area contributed by atoms with Gasteiger partial charge >= 0.3 is 0 Å². The van der Waals surface area contributed by atoms with Crippen molar-refractivity contribution >= 4 is 17.5 Å². The Hall–Kier alpha value is -1.09. The summed E-state index contributed by atoms with van der Waals surface area (Å²) < 4.78 is 13.3. The fourth-order valence-electron chi connectivity index (χ4n) is 2.35. The molecule has 1 amide bonds. The molecule has 1 aromatic carbocycles. The molecular weight excluding hydrogens is 289 g/mol. The third-order valence-corrected chi connectivity index (χ3v) is 3.74. The highest BCUT2D eigenvalue weighted by molar-refractivity contribution is 6.31. The molecule has 0 spiro atoms. The van der Waals surface area contributed by atoms with Gasteiger partial charge in [-0.2, -0.15) is 0 Å². The molecule has 118 valence electrons. The summed E-state index contributed by atoms with van der Waals surface area (Å²) in [6, 6.07) is 3.90. The van der Waals surface area contributed by atoms with Gasteiger partial charge in [0, 0.05) is 17.1 Å². The number of hydrogen-bond donors (Lipinski definition) is 1. The van der Waals surface area contributed by atoms with E-state index in [-0.39, 0.29) is 16.5 Å². The normalized spacial score (nSPS) is 12.5. The second-order valence-corrected chi connectivity index (χ2v) is 6.43. The van der Waals surface area contributed by atoms with Crippen molar-refractivity contribution < 1.29 is 9.18 Å². The van der Waals surface area contributed by atoms with Crippen LogP contribution in [0.15, 0.2) is 18.2 Å². The molecule has 1 rings (SSSR count). The molecule has 21 heavy (non-hydrogen) atoms. The number of halogens is 2. The van der Waals surface area contributed by atoms with Crippen LogP contribution in [0.25, 0.3) is 0 Å². The van der Waals surface area contributed by atoms with Crippen molar-refractivity contribution in [2.45, 2.75) is 46.5 Å². The van der Waals surface area contributed by atoms with Crippen LogP contribution in [0, 0.1) is 17.7 Å². The average Bonchev–Trinajstić information content (AvgIpc) is 2.40. The molecule has 1 aromatic rings. The van der Waals surface area contributed by atoms with Crippen LogP contribution in [0.2, 0.25) is 5.02 Å². The first-order valence-electron chi connectivity index (χ1n) is 7.66. The number of carbonyl (C=O) groups is 1. The number of rotatable bonds is 8. The highest BCUT2D eigenvalue weighted by Gasteiger charge is 2.13. The lowest BCUT2D eigenvalue weighted by atomic mass is 9.94. The van der Waals surface area contributed by atoms with E-state index < -0.39 is 5.82 Å². The number of nitrogens with one attached hydrogen (secondary N) is 1. The molecule has 0 bridgehead atoms. The van der Waals surface area contributed by atoms with Crippen molar-refractivity contribution in [3.05, 3.63) is 34.6 Å². The highest BCUT2D eigenvalue weighted by Crippen LogP contribution is 2.17. The monoisotopic (exact) mass is 313 g/mol. The van der Waals surface area contributed by atoms with Gasteiger partial charge in [-0.15, -0.1) is 0 Å². The molecular formula is C17H25ClFNO. The lowest BCUT2D eigenvalue weighted by Gasteiger charge is -2.18. The lowest BCUT2D eigenvalue weighted by molar-refractivity contribution is 0.0944. The highest BCUT2D eigenvalue weighted by atomic mass is 35.5. The predicted octanol–water partition coefficient (Wildman–Crippen LogP) is 5.06. The third-order valence-electron chi connectivity index (χ3n) is 3.53. The Labute approximate surface area is 132 Å². The van der Waals surface area contributed by atoms with Crippen LogP contribution in [0.3, 0.4) is 0 Å². The van der Waals surface area contributed by atoms with Gasteiger partial charge in [0.1, 0.15) is 5.82 Å². The van der Waals surface area contributed by atoms with Crippen LogP contribution in [-0.4, -0.2) is 12.5 Å². The van der Waals surface area contributed by atoms with Crippen LogP contribution < -0.4 is 5.32 Å². The SMILES string of the molecule is CCCC(CCC(C)C)CNC(=O)c1cc(F)cc(Cl)c1. The van der Waals surface area contributed by atoms with E-state index in [0.29, 0.717) is 18.4 Å². The zero-order valence-electron chi connectivity index (χ0n) is 13.1. The van der Waals surface area contributed by atoms with Gasteiger partial charge in [0.25, 0.3) is 5.91 Å². The second-order valence-electron chi connectivity index (χ2n) is 5.99. The molecule has 1 N–H and O–H groups in total. The number of carbonyl (C=O) groups excluding carboxylic acids is 1. The van der Waals surface area contributed by atoms with Crippen molar-refractivity contribution in [3.8, 4) is 0 Å². The molecule has 2 nitrogen and oxygen atoms in total. The summed E-state index contributed by atoms with van der Waals surface area (Å²) in [6.45, 7) is 7.19. The molecule has 0 fully saturated rings. The maximum Gasteiger partial charge on any atom is 0.251 e. The van der Waals surface area contributed by atoms with E-state index in [1.54, 1.807) is 0 Å². The second kappa shape index (κ2) is 9.04. The summed E-state index contributed by atoms with van der Waals surface area (Å²) >= 11 is 5.77. The summed E-state index contributed by atoms with van der Waals surface area (Å²) in [4.78, 5) is 12.1. The Balaban J connectivity index is 2.55. The molecule has 0 aliphatic heterocycles. The van der Waals surface area contributed by atoms with Gasteiger partial charge in [-0.3, -0.25) is 4.79 Å². The van der Waals surface area contributed by atoms with Gasteiger partial charge < -0.3 is 5.32 Å². The molecule has 4 heteroatoms. The Morgan fingerprint density at radius 2 is 1.95 bits per heavy atom. The average molecular weight is 314 g/mol. The Morgan fingerprint density at radius 1 is 1.24 bits per heavy atom. The minimum Gasteiger partial charge on any atom is -0.352 e. The molecule has 0 aliphatic rings. The summed E-state index contributed by atoms with van der Waals surface area (Å²) in [5, 5.41) is 3.14. The molecule has 0 saturated carbocycles. The van der Waals surface area contributed by atoms with E-state index in [1.165, 1.54) is 18.2 Å². The van der Waals surface area contributed by atoms with E-state index in [4.69, 9.17) is 11.6 Å². The smallest absolute Gasteiger partial charge is 0.251 e. The van der Waals surface area contributed by atoms with Gasteiger partial charge in [0.2, 0.25) is 0 Å². The molecule has 0 saturated heterocycles. The maximum absolute atomic E-state index is 13.3. The quantitative estimate of drug-likeness (QED) is 0.714. The summed E-state index contributed by atoms with van der Waals surface area (Å²) in [7, 11) is 0. The van der Waals surface area contributed by atoms with Crippen LogP contribution in [0.5, 0.6) is 0 Å². The van der Waals surface area contributed by atoms with Gasteiger partial charge in [0.05, 0.1) is 0 Å². The largest absolute Gasteiger partial charge is 0.352 e. The standard InChI is InChI=1S/C17H25ClFNO/c1-4-5-13(7-6-12(2)3)11-20-17(21)14-8-15(18)10-16(19)9-14/h8-10,12-13H,4-7,11H2,1-3H3,(H,20,21). The summed E-state index contributed by atoms with van der Waals surface area (Å²) in [5.41, 5.74) is 0.277. The fraction of sp³-hybridized carbons (Fsp3) is 0.588. The Bertz CT molecular complexity index is 442. The van der Waals surface area contributed by atoms with Crippen LogP contribution in [-0.2, 0) is 0 Å². The Kier molecular flexibility index (Phi) is 7.73. The minimum atomic E-state index is -0.488. The van der Waals surface area contributed by atoms with Crippen molar-refractivity contribution in [2.75, 3.05) is 6.54 Å². The van der Waals surface area contributed by atoms with Crippen molar-refractivity contribution in [1.82, 2.24) is 5.32 Å². The summed E-state index contributed by atoms with van der Waals surface area (Å²) in [6.07, 6.45) is 4.46. The third kappa shape index (κ3) is 6.94. The predicted molar refractivity (Wildman–Crippen MR) is 86.2 cm³/mol. The van der Waals surface area contributed by atoms with E-state index >= 15 is 0 Å². The van der Waals surface area contributed by atoms with Gasteiger partial charge in [-0.05, 0) is 42.9 Å².